The second-order valence-corrected chi connectivity index (χ2v) is 22.8. The Morgan fingerprint density at radius 1 is 0.370 bits per heavy atom. The van der Waals surface area contributed by atoms with Gasteiger partial charge in [-0.1, -0.05) is 321 Å². The van der Waals surface area contributed by atoms with Crippen LogP contribution in [-0.4, -0.2) is 47.4 Å². The molecule has 432 valence electrons. The third-order valence-corrected chi connectivity index (χ3v) is 15.5. The summed E-state index contributed by atoms with van der Waals surface area (Å²) in [5, 5.41) is 23.1. The van der Waals surface area contributed by atoms with Crippen LogP contribution in [0, 0.1) is 0 Å². The Morgan fingerprint density at radius 2 is 0.644 bits per heavy atom. The zero-order valence-corrected chi connectivity index (χ0v) is 49.4. The predicted molar refractivity (Wildman–Crippen MR) is 320 cm³/mol. The van der Waals surface area contributed by atoms with E-state index in [1.54, 1.807) is 6.08 Å². The first-order chi connectivity index (χ1) is 36.0. The molecule has 0 aliphatic rings. The molecule has 73 heavy (non-hydrogen) atoms. The zero-order valence-electron chi connectivity index (χ0n) is 49.4. The number of hydrogen-bond acceptors (Lipinski definition) is 5. The van der Waals surface area contributed by atoms with E-state index in [2.05, 4.69) is 31.3 Å². The zero-order chi connectivity index (χ0) is 52.9. The van der Waals surface area contributed by atoms with Gasteiger partial charge in [0.15, 0.2) is 0 Å². The Hall–Kier alpha value is -1.66. The maximum absolute atomic E-state index is 12.5. The Labute approximate surface area is 456 Å². The lowest BCUT2D eigenvalue weighted by atomic mass is 10.0. The molecule has 0 aromatic carbocycles. The van der Waals surface area contributed by atoms with Crippen LogP contribution >= 0.6 is 0 Å². The maximum atomic E-state index is 12.5. The number of aliphatic hydroxyl groups is 2. The number of nitrogens with one attached hydrogen (secondary N) is 1. The van der Waals surface area contributed by atoms with E-state index >= 15 is 0 Å². The quantitative estimate of drug-likeness (QED) is 0.0320. The van der Waals surface area contributed by atoms with Gasteiger partial charge in [0.25, 0.3) is 0 Å². The monoisotopic (exact) mass is 1030 g/mol. The molecular formula is C67H129NO5. The highest BCUT2D eigenvalue weighted by Crippen LogP contribution is 2.18. The summed E-state index contributed by atoms with van der Waals surface area (Å²) in [5.74, 6) is -0.0505. The molecule has 0 spiro atoms. The fourth-order valence-electron chi connectivity index (χ4n) is 10.4. The number of carbonyl (C=O) groups is 2. The van der Waals surface area contributed by atoms with Crippen LogP contribution in [0.3, 0.4) is 0 Å². The van der Waals surface area contributed by atoms with Crippen molar-refractivity contribution < 1.29 is 24.5 Å². The molecule has 0 aromatic rings. The maximum Gasteiger partial charge on any atom is 0.305 e. The van der Waals surface area contributed by atoms with Crippen molar-refractivity contribution in [1.82, 2.24) is 5.32 Å². The van der Waals surface area contributed by atoms with Gasteiger partial charge in [-0.25, -0.2) is 0 Å². The van der Waals surface area contributed by atoms with Crippen LogP contribution in [0.2, 0.25) is 0 Å². The van der Waals surface area contributed by atoms with Gasteiger partial charge in [-0.15, -0.1) is 0 Å². The van der Waals surface area contributed by atoms with E-state index in [1.807, 2.05) is 6.08 Å². The van der Waals surface area contributed by atoms with Crippen molar-refractivity contribution in [3.05, 3.63) is 24.3 Å². The number of rotatable bonds is 62. The molecule has 0 fully saturated rings. The van der Waals surface area contributed by atoms with Gasteiger partial charge in [0.05, 0.1) is 25.4 Å². The fraction of sp³-hybridized carbons (Fsp3) is 0.910. The first kappa shape index (κ1) is 71.3. The molecule has 1 amide bonds. The first-order valence-electron chi connectivity index (χ1n) is 33.1. The fourth-order valence-corrected chi connectivity index (χ4v) is 10.4. The third kappa shape index (κ3) is 59.4. The minimum Gasteiger partial charge on any atom is -0.466 e. The third-order valence-electron chi connectivity index (χ3n) is 15.5. The Kier molecular flexibility index (Phi) is 61.4. The molecule has 0 radical (unpaired) electrons. The van der Waals surface area contributed by atoms with E-state index in [9.17, 15) is 19.8 Å². The second kappa shape index (κ2) is 62.9. The first-order valence-corrected chi connectivity index (χ1v) is 33.1. The van der Waals surface area contributed by atoms with Gasteiger partial charge in [0, 0.05) is 12.8 Å². The molecular weight excluding hydrogens is 899 g/mol. The van der Waals surface area contributed by atoms with Gasteiger partial charge in [0.1, 0.15) is 0 Å². The number of esters is 1. The van der Waals surface area contributed by atoms with Crippen molar-refractivity contribution in [2.75, 3.05) is 13.2 Å². The highest BCUT2D eigenvalue weighted by molar-refractivity contribution is 5.76. The van der Waals surface area contributed by atoms with Gasteiger partial charge >= 0.3 is 5.97 Å². The smallest absolute Gasteiger partial charge is 0.305 e. The number of amides is 1. The molecule has 6 nitrogen and oxygen atoms in total. The summed E-state index contributed by atoms with van der Waals surface area (Å²) < 4.78 is 5.50. The number of carbonyl (C=O) groups excluding carboxylic acids is 2. The Balaban J connectivity index is 3.35. The minimum absolute atomic E-state index is 0.0140. The van der Waals surface area contributed by atoms with Gasteiger partial charge in [-0.3, -0.25) is 9.59 Å². The molecule has 0 aliphatic heterocycles. The van der Waals surface area contributed by atoms with Crippen LogP contribution in [-0.2, 0) is 14.3 Å². The van der Waals surface area contributed by atoms with Crippen LogP contribution in [0.1, 0.15) is 367 Å². The summed E-state index contributed by atoms with van der Waals surface area (Å²) in [7, 11) is 0. The van der Waals surface area contributed by atoms with Gasteiger partial charge < -0.3 is 20.3 Å². The van der Waals surface area contributed by atoms with E-state index in [0.717, 1.165) is 44.9 Å². The Bertz CT molecular complexity index is 1140. The highest BCUT2D eigenvalue weighted by atomic mass is 16.5. The number of hydrogen-bond donors (Lipinski definition) is 3. The number of unbranched alkanes of at least 4 members (excludes halogenated alkanes) is 49. The predicted octanol–water partition coefficient (Wildman–Crippen LogP) is 21.0. The van der Waals surface area contributed by atoms with Crippen molar-refractivity contribution in [2.45, 2.75) is 379 Å². The van der Waals surface area contributed by atoms with E-state index in [0.29, 0.717) is 19.4 Å². The summed E-state index contributed by atoms with van der Waals surface area (Å²) in [6, 6.07) is -0.625. The molecule has 0 saturated heterocycles. The summed E-state index contributed by atoms with van der Waals surface area (Å²) in [5.41, 5.74) is 0. The number of allylic oxidation sites excluding steroid dienone is 3. The van der Waals surface area contributed by atoms with E-state index in [4.69, 9.17) is 4.74 Å². The molecule has 0 rings (SSSR count). The van der Waals surface area contributed by atoms with Crippen LogP contribution in [0.15, 0.2) is 24.3 Å². The molecule has 2 unspecified atom stereocenters. The van der Waals surface area contributed by atoms with Crippen LogP contribution < -0.4 is 5.32 Å². The van der Waals surface area contributed by atoms with Gasteiger partial charge in [-0.05, 0) is 57.8 Å². The van der Waals surface area contributed by atoms with Crippen molar-refractivity contribution in [2.24, 2.45) is 0 Å². The SMILES string of the molecule is CCCCCCCC/C=C\CCCCCCCCCC(=O)OCCCCCCCCCCCCCCCCCCCCCCCCCCCCC(=O)NC(CO)C(O)/C=C/CCCCCCCCCCCCC. The van der Waals surface area contributed by atoms with Crippen molar-refractivity contribution in [3.63, 3.8) is 0 Å². The molecule has 0 aliphatic carbocycles. The molecule has 0 heterocycles. The molecule has 0 aromatic heterocycles. The topological polar surface area (TPSA) is 95.9 Å². The lowest BCUT2D eigenvalue weighted by Crippen LogP contribution is -2.45. The second-order valence-electron chi connectivity index (χ2n) is 22.8. The minimum atomic E-state index is -0.842. The largest absolute Gasteiger partial charge is 0.466 e. The lowest BCUT2D eigenvalue weighted by molar-refractivity contribution is -0.143. The van der Waals surface area contributed by atoms with E-state index in [-0.39, 0.29) is 18.5 Å². The lowest BCUT2D eigenvalue weighted by Gasteiger charge is -2.20. The molecule has 2 atom stereocenters. The summed E-state index contributed by atoms with van der Waals surface area (Å²) in [6.45, 7) is 4.92. The normalized spacial score (nSPS) is 12.7. The summed E-state index contributed by atoms with van der Waals surface area (Å²) in [4.78, 5) is 24.5. The van der Waals surface area contributed by atoms with Crippen molar-refractivity contribution >= 4 is 11.9 Å². The van der Waals surface area contributed by atoms with Crippen LogP contribution in [0.25, 0.3) is 0 Å². The van der Waals surface area contributed by atoms with Crippen LogP contribution in [0.4, 0.5) is 0 Å². The molecule has 0 saturated carbocycles. The number of aliphatic hydroxyl groups excluding tert-OH is 2. The average Bonchev–Trinajstić information content (AvgIpc) is 3.39. The summed E-state index contributed by atoms with van der Waals surface area (Å²) in [6.07, 6.45) is 78.1. The van der Waals surface area contributed by atoms with E-state index in [1.165, 1.54) is 295 Å². The average molecular weight is 1030 g/mol. The van der Waals surface area contributed by atoms with Gasteiger partial charge in [-0.2, -0.15) is 0 Å². The molecule has 0 bridgehead atoms. The summed E-state index contributed by atoms with van der Waals surface area (Å²) >= 11 is 0. The van der Waals surface area contributed by atoms with Gasteiger partial charge in [0.2, 0.25) is 5.91 Å². The van der Waals surface area contributed by atoms with Crippen molar-refractivity contribution in [1.29, 1.82) is 0 Å². The number of ether oxygens (including phenoxy) is 1. The molecule has 6 heteroatoms. The Morgan fingerprint density at radius 3 is 0.973 bits per heavy atom. The van der Waals surface area contributed by atoms with Crippen LogP contribution in [0.5, 0.6) is 0 Å². The highest BCUT2D eigenvalue weighted by Gasteiger charge is 2.18. The molecule has 3 N–H and O–H groups in total. The van der Waals surface area contributed by atoms with Crippen molar-refractivity contribution in [3.8, 4) is 0 Å². The standard InChI is InChI=1S/C67H129NO5/c1-3-5-7-9-11-13-15-17-18-29-33-37-41-45-49-53-57-61-67(72)73-62-58-54-50-46-42-38-34-31-28-26-24-22-20-19-21-23-25-27-30-32-36-40-44-48-52-56-60-66(71)68-64(63-69)65(70)59-55-51-47-43-39-35-16-14-12-10-8-6-4-2/h17-18,55,59,64-65,69-70H,3-16,19-54,56-58,60-63H2,1-2H3,(H,68,71)/b18-17-,59-55+. The van der Waals surface area contributed by atoms with E-state index < -0.39 is 12.1 Å².